The Balaban J connectivity index is 2.22. The van der Waals surface area contributed by atoms with Gasteiger partial charge >= 0.3 is 0 Å². The average Bonchev–Trinajstić information content (AvgIpc) is 2.86. The molecule has 1 unspecified atom stereocenters. The van der Waals surface area contributed by atoms with Gasteiger partial charge in [-0.3, -0.25) is 4.68 Å². The molecule has 0 bridgehead atoms. The van der Waals surface area contributed by atoms with E-state index in [0.29, 0.717) is 6.42 Å². The normalized spacial score (nSPS) is 14.8. The van der Waals surface area contributed by atoms with E-state index < -0.39 is 5.60 Å². The molecule has 1 atom stereocenters. The highest BCUT2D eigenvalue weighted by atomic mass is 32.1. The quantitative estimate of drug-likeness (QED) is 0.905. The fourth-order valence-corrected chi connectivity index (χ4v) is 2.72. The van der Waals surface area contributed by atoms with Gasteiger partial charge in [0.1, 0.15) is 17.8 Å². The molecule has 0 aliphatic rings. The summed E-state index contributed by atoms with van der Waals surface area (Å²) in [5.41, 5.74) is -0.876. The van der Waals surface area contributed by atoms with Crippen LogP contribution in [0.3, 0.4) is 0 Å². The van der Waals surface area contributed by atoms with Gasteiger partial charge in [-0.15, -0.1) is 11.3 Å². The Labute approximate surface area is 105 Å². The van der Waals surface area contributed by atoms with E-state index in [1.165, 1.54) is 11.2 Å². The first kappa shape index (κ1) is 12.3. The molecule has 2 aromatic rings. The van der Waals surface area contributed by atoms with Gasteiger partial charge in [-0.2, -0.15) is 5.10 Å². The monoisotopic (exact) mass is 251 g/mol. The summed E-state index contributed by atoms with van der Waals surface area (Å²) in [5.74, 6) is 0.823. The number of aryl methyl sites for hydroxylation is 2. The zero-order chi connectivity index (χ0) is 12.5. The van der Waals surface area contributed by atoms with Gasteiger partial charge in [-0.25, -0.2) is 4.98 Å². The Morgan fingerprint density at radius 1 is 1.47 bits per heavy atom. The number of aliphatic hydroxyl groups is 1. The van der Waals surface area contributed by atoms with E-state index >= 15 is 0 Å². The summed E-state index contributed by atoms with van der Waals surface area (Å²) in [6.07, 6.45) is 2.02. The van der Waals surface area contributed by atoms with Gasteiger partial charge in [-0.05, 0) is 32.9 Å². The molecular weight excluding hydrogens is 234 g/mol. The van der Waals surface area contributed by atoms with Crippen LogP contribution in [-0.2, 0) is 18.6 Å². The first-order chi connectivity index (χ1) is 8.03. The van der Waals surface area contributed by atoms with Crippen molar-refractivity contribution in [3.8, 4) is 0 Å². The molecule has 2 heterocycles. The van der Waals surface area contributed by atoms with Crippen molar-refractivity contribution in [1.29, 1.82) is 0 Å². The van der Waals surface area contributed by atoms with Crippen molar-refractivity contribution in [2.24, 2.45) is 0 Å². The zero-order valence-electron chi connectivity index (χ0n) is 10.3. The van der Waals surface area contributed by atoms with E-state index in [2.05, 4.69) is 10.1 Å². The van der Waals surface area contributed by atoms with E-state index in [9.17, 15) is 5.11 Å². The molecule has 0 aliphatic carbocycles. The van der Waals surface area contributed by atoms with Crippen molar-refractivity contribution in [3.63, 3.8) is 0 Å². The number of hydrogen-bond acceptors (Lipinski definition) is 4. The Bertz CT molecular complexity index is 501. The van der Waals surface area contributed by atoms with Gasteiger partial charge < -0.3 is 5.11 Å². The van der Waals surface area contributed by atoms with Gasteiger partial charge in [0, 0.05) is 22.7 Å². The van der Waals surface area contributed by atoms with Crippen LogP contribution in [0.1, 0.15) is 29.4 Å². The average molecular weight is 251 g/mol. The van der Waals surface area contributed by atoms with Gasteiger partial charge in [-0.1, -0.05) is 0 Å². The molecule has 17 heavy (non-hydrogen) atoms. The van der Waals surface area contributed by atoms with Crippen LogP contribution < -0.4 is 0 Å². The van der Waals surface area contributed by atoms with E-state index in [1.54, 1.807) is 11.3 Å². The number of aromatic nitrogens is 3. The van der Waals surface area contributed by atoms with Crippen LogP contribution in [0.15, 0.2) is 18.5 Å². The molecule has 5 heteroatoms. The van der Waals surface area contributed by atoms with Crippen molar-refractivity contribution < 1.29 is 5.11 Å². The lowest BCUT2D eigenvalue weighted by Crippen LogP contribution is -2.25. The molecule has 0 saturated heterocycles. The standard InChI is InChI=1S/C12H17N3OS/c1-4-15-11(13-8-14-15)7-12(3,16)10-6-5-9(2)17-10/h5-6,8,16H,4,7H2,1-3H3. The maximum Gasteiger partial charge on any atom is 0.138 e. The summed E-state index contributed by atoms with van der Waals surface area (Å²) in [6, 6.07) is 4.01. The third kappa shape index (κ3) is 2.56. The summed E-state index contributed by atoms with van der Waals surface area (Å²) in [6.45, 7) is 6.66. The van der Waals surface area contributed by atoms with Crippen molar-refractivity contribution in [3.05, 3.63) is 34.0 Å². The Morgan fingerprint density at radius 2 is 2.24 bits per heavy atom. The fourth-order valence-electron chi connectivity index (χ4n) is 1.81. The highest BCUT2D eigenvalue weighted by Crippen LogP contribution is 2.30. The van der Waals surface area contributed by atoms with Gasteiger partial charge in [0.25, 0.3) is 0 Å². The topological polar surface area (TPSA) is 50.9 Å². The van der Waals surface area contributed by atoms with Crippen molar-refractivity contribution in [1.82, 2.24) is 14.8 Å². The number of thiophene rings is 1. The second-order valence-electron chi connectivity index (χ2n) is 4.35. The van der Waals surface area contributed by atoms with Crippen LogP contribution in [0.25, 0.3) is 0 Å². The molecule has 0 spiro atoms. The van der Waals surface area contributed by atoms with Crippen LogP contribution in [0, 0.1) is 6.92 Å². The molecule has 0 saturated carbocycles. The third-order valence-corrected chi connectivity index (χ3v) is 4.02. The fraction of sp³-hybridized carbons (Fsp3) is 0.500. The first-order valence-corrected chi connectivity index (χ1v) is 6.50. The molecular formula is C12H17N3OS. The van der Waals surface area contributed by atoms with Gasteiger partial charge in [0.15, 0.2) is 0 Å². The summed E-state index contributed by atoms with van der Waals surface area (Å²) >= 11 is 1.62. The number of nitrogens with zero attached hydrogens (tertiary/aromatic N) is 3. The minimum Gasteiger partial charge on any atom is -0.384 e. The minimum atomic E-state index is -0.876. The van der Waals surface area contributed by atoms with Crippen LogP contribution in [-0.4, -0.2) is 19.9 Å². The van der Waals surface area contributed by atoms with E-state index in [-0.39, 0.29) is 0 Å². The van der Waals surface area contributed by atoms with Crippen molar-refractivity contribution in [2.45, 2.75) is 39.3 Å². The van der Waals surface area contributed by atoms with Crippen LogP contribution in [0.2, 0.25) is 0 Å². The van der Waals surface area contributed by atoms with Crippen molar-refractivity contribution in [2.75, 3.05) is 0 Å². The number of hydrogen-bond donors (Lipinski definition) is 1. The largest absolute Gasteiger partial charge is 0.384 e. The summed E-state index contributed by atoms with van der Waals surface area (Å²) in [7, 11) is 0. The summed E-state index contributed by atoms with van der Waals surface area (Å²) in [4.78, 5) is 6.38. The molecule has 92 valence electrons. The molecule has 0 aromatic carbocycles. The lowest BCUT2D eigenvalue weighted by atomic mass is 10.00. The second-order valence-corrected chi connectivity index (χ2v) is 5.64. The predicted molar refractivity (Wildman–Crippen MR) is 68.0 cm³/mol. The Morgan fingerprint density at radius 3 is 2.82 bits per heavy atom. The van der Waals surface area contributed by atoms with Gasteiger partial charge in [0.05, 0.1) is 0 Å². The molecule has 0 radical (unpaired) electrons. The summed E-state index contributed by atoms with van der Waals surface area (Å²) in [5, 5.41) is 14.6. The maximum atomic E-state index is 10.5. The lowest BCUT2D eigenvalue weighted by Gasteiger charge is -2.21. The second kappa shape index (κ2) is 4.58. The van der Waals surface area contributed by atoms with E-state index in [1.807, 2.05) is 37.6 Å². The van der Waals surface area contributed by atoms with Crippen LogP contribution >= 0.6 is 11.3 Å². The molecule has 0 fully saturated rings. The highest BCUT2D eigenvalue weighted by molar-refractivity contribution is 7.12. The van der Waals surface area contributed by atoms with Gasteiger partial charge in [0.2, 0.25) is 0 Å². The molecule has 4 nitrogen and oxygen atoms in total. The Kier molecular flexibility index (Phi) is 3.31. The number of rotatable bonds is 4. The maximum absolute atomic E-state index is 10.5. The van der Waals surface area contributed by atoms with E-state index in [4.69, 9.17) is 0 Å². The highest BCUT2D eigenvalue weighted by Gasteiger charge is 2.27. The smallest absolute Gasteiger partial charge is 0.138 e. The summed E-state index contributed by atoms with van der Waals surface area (Å²) < 4.78 is 1.81. The molecule has 1 N–H and O–H groups in total. The van der Waals surface area contributed by atoms with Crippen LogP contribution in [0.5, 0.6) is 0 Å². The molecule has 0 aliphatic heterocycles. The lowest BCUT2D eigenvalue weighted by molar-refractivity contribution is 0.0581. The van der Waals surface area contributed by atoms with E-state index in [0.717, 1.165) is 17.2 Å². The zero-order valence-corrected chi connectivity index (χ0v) is 11.2. The van der Waals surface area contributed by atoms with Crippen LogP contribution in [0.4, 0.5) is 0 Å². The molecule has 2 aromatic heterocycles. The molecule has 0 amide bonds. The molecule has 2 rings (SSSR count). The predicted octanol–water partition coefficient (Wildman–Crippen LogP) is 2.12. The van der Waals surface area contributed by atoms with Crippen molar-refractivity contribution >= 4 is 11.3 Å². The first-order valence-electron chi connectivity index (χ1n) is 5.69. The minimum absolute atomic E-state index is 0.487. The SMILES string of the molecule is CCn1ncnc1CC(C)(O)c1ccc(C)s1. The third-order valence-electron chi connectivity index (χ3n) is 2.77. The Hall–Kier alpha value is -1.20.